The van der Waals surface area contributed by atoms with E-state index in [1.54, 1.807) is 29.2 Å². The van der Waals surface area contributed by atoms with Crippen molar-refractivity contribution in [1.29, 1.82) is 0 Å². The van der Waals surface area contributed by atoms with Gasteiger partial charge in [-0.25, -0.2) is 13.2 Å². The fourth-order valence-corrected chi connectivity index (χ4v) is 5.11. The Bertz CT molecular complexity index is 704. The van der Waals surface area contributed by atoms with Crippen molar-refractivity contribution in [2.24, 2.45) is 0 Å². The van der Waals surface area contributed by atoms with E-state index in [2.05, 4.69) is 5.32 Å². The summed E-state index contributed by atoms with van der Waals surface area (Å²) in [4.78, 5) is 14.3. The molecule has 132 valence electrons. The molecular formula is C16H21ClN2O4S. The molecule has 2 aliphatic rings. The maximum absolute atomic E-state index is 12.7. The number of nitrogens with zero attached hydrogens (tertiary/aromatic N) is 1. The van der Waals surface area contributed by atoms with Crippen molar-refractivity contribution >= 4 is 33.2 Å². The number of amides is 2. The number of carbonyl (C=O) groups excluding carboxylic acids is 1. The number of hydrogen-bond donors (Lipinski definition) is 1. The molecular weight excluding hydrogens is 352 g/mol. The van der Waals surface area contributed by atoms with Crippen LogP contribution in [0.15, 0.2) is 24.3 Å². The number of anilines is 1. The average Bonchev–Trinajstić information content (AvgIpc) is 3.14. The SMILES string of the molecule is O=C(Nc1cccc(Cl)c1)N(C[C@H]1CCCO1)[C@@H]1CCS(=O)(=O)C1. The van der Waals surface area contributed by atoms with Gasteiger partial charge in [0.2, 0.25) is 0 Å². The van der Waals surface area contributed by atoms with Gasteiger partial charge in [0.05, 0.1) is 17.6 Å². The molecule has 0 aromatic heterocycles. The molecule has 2 saturated heterocycles. The van der Waals surface area contributed by atoms with Gasteiger partial charge in [0.1, 0.15) is 0 Å². The van der Waals surface area contributed by atoms with Crippen LogP contribution in [0.3, 0.4) is 0 Å². The van der Waals surface area contributed by atoms with E-state index in [0.717, 1.165) is 12.8 Å². The van der Waals surface area contributed by atoms with Crippen molar-refractivity contribution < 1.29 is 17.9 Å². The van der Waals surface area contributed by atoms with E-state index in [-0.39, 0.29) is 29.7 Å². The molecule has 2 atom stereocenters. The lowest BCUT2D eigenvalue weighted by Crippen LogP contribution is -2.47. The second kappa shape index (κ2) is 7.29. The first-order valence-corrected chi connectivity index (χ1v) is 10.3. The zero-order chi connectivity index (χ0) is 17.2. The van der Waals surface area contributed by atoms with Crippen molar-refractivity contribution in [3.05, 3.63) is 29.3 Å². The summed E-state index contributed by atoms with van der Waals surface area (Å²) in [7, 11) is -3.07. The highest BCUT2D eigenvalue weighted by Crippen LogP contribution is 2.23. The van der Waals surface area contributed by atoms with Crippen molar-refractivity contribution in [2.75, 3.05) is 30.0 Å². The average molecular weight is 373 g/mol. The Morgan fingerprint density at radius 1 is 1.38 bits per heavy atom. The van der Waals surface area contributed by atoms with Crippen LogP contribution in [-0.4, -0.2) is 56.2 Å². The summed E-state index contributed by atoms with van der Waals surface area (Å²) >= 11 is 5.95. The van der Waals surface area contributed by atoms with Gasteiger partial charge in [0.25, 0.3) is 0 Å². The first-order chi connectivity index (χ1) is 11.4. The Morgan fingerprint density at radius 2 is 2.21 bits per heavy atom. The first kappa shape index (κ1) is 17.5. The summed E-state index contributed by atoms with van der Waals surface area (Å²) in [6.07, 6.45) is 2.30. The molecule has 24 heavy (non-hydrogen) atoms. The van der Waals surface area contributed by atoms with E-state index < -0.39 is 9.84 Å². The van der Waals surface area contributed by atoms with E-state index in [0.29, 0.717) is 30.3 Å². The van der Waals surface area contributed by atoms with E-state index in [9.17, 15) is 13.2 Å². The lowest BCUT2D eigenvalue weighted by atomic mass is 10.2. The van der Waals surface area contributed by atoms with Crippen molar-refractivity contribution in [1.82, 2.24) is 4.90 Å². The molecule has 0 aliphatic carbocycles. The maximum atomic E-state index is 12.7. The van der Waals surface area contributed by atoms with Gasteiger partial charge in [-0.05, 0) is 37.5 Å². The minimum atomic E-state index is -3.07. The number of rotatable bonds is 4. The fourth-order valence-electron chi connectivity index (χ4n) is 3.19. The standard InChI is InChI=1S/C16H21ClN2O4S/c17-12-3-1-4-13(9-12)18-16(20)19(10-15-5-2-7-23-15)14-6-8-24(21,22)11-14/h1,3-4,9,14-15H,2,5-8,10-11H2,(H,18,20)/t14-,15-/m1/s1. The van der Waals surface area contributed by atoms with Gasteiger partial charge in [0.15, 0.2) is 9.84 Å². The zero-order valence-electron chi connectivity index (χ0n) is 13.3. The normalized spacial score (nSPS) is 25.5. The number of hydrogen-bond acceptors (Lipinski definition) is 4. The summed E-state index contributed by atoms with van der Waals surface area (Å²) in [5.74, 6) is 0.146. The minimum Gasteiger partial charge on any atom is -0.376 e. The topological polar surface area (TPSA) is 75.7 Å². The third-order valence-electron chi connectivity index (χ3n) is 4.41. The Balaban J connectivity index is 1.73. The second-order valence-corrected chi connectivity index (χ2v) is 8.95. The van der Waals surface area contributed by atoms with Crippen LogP contribution in [-0.2, 0) is 14.6 Å². The van der Waals surface area contributed by atoms with Crippen LogP contribution in [0.5, 0.6) is 0 Å². The number of sulfone groups is 1. The van der Waals surface area contributed by atoms with E-state index in [4.69, 9.17) is 16.3 Å². The number of carbonyl (C=O) groups is 1. The number of nitrogens with one attached hydrogen (secondary N) is 1. The lowest BCUT2D eigenvalue weighted by Gasteiger charge is -2.30. The quantitative estimate of drug-likeness (QED) is 0.881. The zero-order valence-corrected chi connectivity index (χ0v) is 14.9. The molecule has 0 unspecified atom stereocenters. The van der Waals surface area contributed by atoms with Crippen molar-refractivity contribution in [2.45, 2.75) is 31.4 Å². The summed E-state index contributed by atoms with van der Waals surface area (Å²) in [6, 6.07) is 6.27. The van der Waals surface area contributed by atoms with Crippen LogP contribution < -0.4 is 5.32 Å². The molecule has 2 fully saturated rings. The van der Waals surface area contributed by atoms with E-state index in [1.807, 2.05) is 0 Å². The number of urea groups is 1. The third-order valence-corrected chi connectivity index (χ3v) is 6.40. The molecule has 6 nitrogen and oxygen atoms in total. The van der Waals surface area contributed by atoms with Gasteiger partial charge in [-0.2, -0.15) is 0 Å². The maximum Gasteiger partial charge on any atom is 0.322 e. The van der Waals surface area contributed by atoms with Crippen LogP contribution >= 0.6 is 11.6 Å². The number of halogens is 1. The van der Waals surface area contributed by atoms with E-state index in [1.165, 1.54) is 0 Å². The first-order valence-electron chi connectivity index (χ1n) is 8.08. The van der Waals surface area contributed by atoms with Crippen LogP contribution in [0.25, 0.3) is 0 Å². The molecule has 0 radical (unpaired) electrons. The Morgan fingerprint density at radius 3 is 2.83 bits per heavy atom. The molecule has 1 aromatic rings. The minimum absolute atomic E-state index is 0.0166. The van der Waals surface area contributed by atoms with E-state index >= 15 is 0 Å². The monoisotopic (exact) mass is 372 g/mol. The Labute approximate surface area is 147 Å². The summed E-state index contributed by atoms with van der Waals surface area (Å²) in [6.45, 7) is 1.10. The Hall–Kier alpha value is -1.31. The summed E-state index contributed by atoms with van der Waals surface area (Å²) in [5.41, 5.74) is 0.589. The number of benzene rings is 1. The van der Waals surface area contributed by atoms with Gasteiger partial charge in [0, 0.05) is 29.9 Å². The van der Waals surface area contributed by atoms with Gasteiger partial charge in [-0.15, -0.1) is 0 Å². The summed E-state index contributed by atoms with van der Waals surface area (Å²) in [5, 5.41) is 3.34. The molecule has 1 N–H and O–H groups in total. The molecule has 8 heteroatoms. The van der Waals surface area contributed by atoms with Crippen LogP contribution in [0.2, 0.25) is 5.02 Å². The predicted octanol–water partition coefficient (Wildman–Crippen LogP) is 2.54. The molecule has 0 spiro atoms. The molecule has 2 amide bonds. The second-order valence-electron chi connectivity index (χ2n) is 6.28. The van der Waals surface area contributed by atoms with Gasteiger partial charge in [-0.1, -0.05) is 17.7 Å². The molecule has 2 heterocycles. The van der Waals surface area contributed by atoms with Crippen molar-refractivity contribution in [3.63, 3.8) is 0 Å². The third kappa shape index (κ3) is 4.40. The molecule has 0 saturated carbocycles. The van der Waals surface area contributed by atoms with Crippen LogP contribution in [0.1, 0.15) is 19.3 Å². The van der Waals surface area contributed by atoms with Gasteiger partial charge >= 0.3 is 6.03 Å². The highest BCUT2D eigenvalue weighted by molar-refractivity contribution is 7.91. The van der Waals surface area contributed by atoms with Gasteiger partial charge in [-0.3, -0.25) is 0 Å². The lowest BCUT2D eigenvalue weighted by molar-refractivity contribution is 0.0751. The Kier molecular flexibility index (Phi) is 5.32. The largest absolute Gasteiger partial charge is 0.376 e. The molecule has 2 aliphatic heterocycles. The fraction of sp³-hybridized carbons (Fsp3) is 0.562. The highest BCUT2D eigenvalue weighted by Gasteiger charge is 2.36. The molecule has 3 rings (SSSR count). The van der Waals surface area contributed by atoms with Crippen molar-refractivity contribution in [3.8, 4) is 0 Å². The summed E-state index contributed by atoms with van der Waals surface area (Å²) < 4.78 is 29.2. The van der Waals surface area contributed by atoms with Gasteiger partial charge < -0.3 is 15.0 Å². The highest BCUT2D eigenvalue weighted by atomic mass is 35.5. The predicted molar refractivity (Wildman–Crippen MR) is 93.2 cm³/mol. The molecule has 0 bridgehead atoms. The molecule has 1 aromatic carbocycles. The van der Waals surface area contributed by atoms with Crippen LogP contribution in [0, 0.1) is 0 Å². The smallest absolute Gasteiger partial charge is 0.322 e. The van der Waals surface area contributed by atoms with Crippen LogP contribution in [0.4, 0.5) is 10.5 Å². The number of ether oxygens (including phenoxy) is 1.